The molecule has 2 atom stereocenters. The van der Waals surface area contributed by atoms with Gasteiger partial charge < -0.3 is 14.8 Å². The van der Waals surface area contributed by atoms with Crippen molar-refractivity contribution in [2.75, 3.05) is 16.8 Å². The summed E-state index contributed by atoms with van der Waals surface area (Å²) in [5.74, 6) is 0.675. The highest BCUT2D eigenvalue weighted by Gasteiger charge is 2.24. The van der Waals surface area contributed by atoms with E-state index >= 15 is 0 Å². The first-order valence-electron chi connectivity index (χ1n) is 11.8. The van der Waals surface area contributed by atoms with Gasteiger partial charge in [-0.05, 0) is 38.8 Å². The number of rotatable bonds is 5. The fourth-order valence-corrected chi connectivity index (χ4v) is 4.51. The lowest BCUT2D eigenvalue weighted by Crippen LogP contribution is -2.38. The normalized spacial score (nSPS) is 16.4. The first-order valence-corrected chi connectivity index (χ1v) is 11.8. The SMILES string of the molecule is C[C@H](C(=O)Nc1cccc(-c2cnc(N3CCC[C@@H]3C)nc2)n1)n1cnc2c1c(=O)n(C)c(=O)n2C. The molecule has 186 valence electrons. The fraction of sp³-hybridized carbons (Fsp3) is 0.375. The first kappa shape index (κ1) is 23.4. The van der Waals surface area contributed by atoms with Crippen molar-refractivity contribution in [3.8, 4) is 11.3 Å². The monoisotopic (exact) mass is 489 g/mol. The van der Waals surface area contributed by atoms with Crippen LogP contribution in [-0.2, 0) is 18.9 Å². The molecule has 0 unspecified atom stereocenters. The zero-order valence-corrected chi connectivity index (χ0v) is 20.5. The maximum atomic E-state index is 13.1. The molecule has 0 bridgehead atoms. The van der Waals surface area contributed by atoms with E-state index in [0.29, 0.717) is 23.5 Å². The highest BCUT2D eigenvalue weighted by atomic mass is 16.2. The van der Waals surface area contributed by atoms with Crippen molar-refractivity contribution in [1.29, 1.82) is 0 Å². The average molecular weight is 490 g/mol. The van der Waals surface area contributed by atoms with Crippen LogP contribution in [0.5, 0.6) is 0 Å². The van der Waals surface area contributed by atoms with E-state index in [2.05, 4.69) is 37.1 Å². The van der Waals surface area contributed by atoms with E-state index in [4.69, 9.17) is 0 Å². The second kappa shape index (κ2) is 9.02. The van der Waals surface area contributed by atoms with Gasteiger partial charge in [-0.15, -0.1) is 0 Å². The Kier molecular flexibility index (Phi) is 5.86. The van der Waals surface area contributed by atoms with E-state index in [1.165, 1.54) is 29.6 Å². The highest BCUT2D eigenvalue weighted by Crippen LogP contribution is 2.24. The van der Waals surface area contributed by atoms with Crippen LogP contribution >= 0.6 is 0 Å². The molecule has 12 heteroatoms. The molecule has 0 spiro atoms. The smallest absolute Gasteiger partial charge is 0.332 e. The number of carbonyl (C=O) groups is 1. The third-order valence-corrected chi connectivity index (χ3v) is 6.71. The second-order valence-electron chi connectivity index (χ2n) is 9.06. The van der Waals surface area contributed by atoms with E-state index in [1.54, 1.807) is 31.5 Å². The molecular weight excluding hydrogens is 462 g/mol. The van der Waals surface area contributed by atoms with Crippen LogP contribution in [0.15, 0.2) is 46.5 Å². The molecule has 36 heavy (non-hydrogen) atoms. The van der Waals surface area contributed by atoms with Gasteiger partial charge in [0, 0.05) is 44.6 Å². The average Bonchev–Trinajstić information content (AvgIpc) is 3.52. The molecule has 0 aliphatic carbocycles. The number of nitrogens with zero attached hydrogens (tertiary/aromatic N) is 8. The van der Waals surface area contributed by atoms with Crippen LogP contribution in [0.2, 0.25) is 0 Å². The Hall–Kier alpha value is -4.35. The Balaban J connectivity index is 1.37. The van der Waals surface area contributed by atoms with Crippen molar-refractivity contribution in [1.82, 2.24) is 33.6 Å². The Bertz CT molecular complexity index is 1570. The lowest BCUT2D eigenvalue weighted by atomic mass is 10.2. The standard InChI is InChI=1S/C24H27N9O3/c1-14-7-6-10-32(14)23-25-11-16(12-26-23)17-8-5-9-18(28-17)29-21(34)15(2)33-13-27-20-19(33)22(35)31(4)24(36)30(20)3/h5,8-9,11-15H,6-7,10H2,1-4H3,(H,28,29,34)/t14-,15+/m0/s1. The molecule has 0 radical (unpaired) electrons. The summed E-state index contributed by atoms with van der Waals surface area (Å²) < 4.78 is 3.73. The lowest BCUT2D eigenvalue weighted by Gasteiger charge is -2.21. The Morgan fingerprint density at radius 3 is 2.56 bits per heavy atom. The number of hydrogen-bond donors (Lipinski definition) is 1. The third-order valence-electron chi connectivity index (χ3n) is 6.71. The molecule has 1 aliphatic heterocycles. The number of carbonyl (C=O) groups excluding carboxylic acids is 1. The lowest BCUT2D eigenvalue weighted by molar-refractivity contribution is -0.118. The number of aryl methyl sites for hydroxylation is 1. The van der Waals surface area contributed by atoms with Crippen LogP contribution in [0.4, 0.5) is 11.8 Å². The molecule has 4 aromatic rings. The Morgan fingerprint density at radius 1 is 1.11 bits per heavy atom. The molecule has 1 aliphatic rings. The minimum absolute atomic E-state index is 0.175. The van der Waals surface area contributed by atoms with Crippen molar-refractivity contribution in [3.05, 3.63) is 57.8 Å². The van der Waals surface area contributed by atoms with Crippen LogP contribution < -0.4 is 21.5 Å². The Morgan fingerprint density at radius 2 is 1.86 bits per heavy atom. The number of pyridine rings is 1. The summed E-state index contributed by atoms with van der Waals surface area (Å²) in [5.41, 5.74) is 0.751. The molecule has 12 nitrogen and oxygen atoms in total. The van der Waals surface area contributed by atoms with Gasteiger partial charge >= 0.3 is 5.69 Å². The van der Waals surface area contributed by atoms with Gasteiger partial charge in [0.2, 0.25) is 11.9 Å². The quantitative estimate of drug-likeness (QED) is 0.446. The van der Waals surface area contributed by atoms with E-state index in [1.807, 2.05) is 6.07 Å². The van der Waals surface area contributed by atoms with Crippen molar-refractivity contribution in [2.24, 2.45) is 14.1 Å². The molecular formula is C24H27N9O3. The largest absolute Gasteiger partial charge is 0.338 e. The predicted octanol–water partition coefficient (Wildman–Crippen LogP) is 1.47. The number of fused-ring (bicyclic) bond motifs is 1. The van der Waals surface area contributed by atoms with E-state index in [-0.39, 0.29) is 17.1 Å². The first-order chi connectivity index (χ1) is 17.3. The van der Waals surface area contributed by atoms with Gasteiger partial charge in [-0.3, -0.25) is 18.7 Å². The van der Waals surface area contributed by atoms with Gasteiger partial charge in [0.1, 0.15) is 11.9 Å². The predicted molar refractivity (Wildman–Crippen MR) is 135 cm³/mol. The summed E-state index contributed by atoms with van der Waals surface area (Å²) in [5, 5.41) is 2.80. The minimum atomic E-state index is -0.782. The van der Waals surface area contributed by atoms with Gasteiger partial charge in [-0.2, -0.15) is 0 Å². The summed E-state index contributed by atoms with van der Waals surface area (Å²) in [6.07, 6.45) is 7.13. The fourth-order valence-electron chi connectivity index (χ4n) is 4.51. The Labute approximate surface area is 206 Å². The summed E-state index contributed by atoms with van der Waals surface area (Å²) in [6.45, 7) is 4.77. The van der Waals surface area contributed by atoms with Gasteiger partial charge in [0.05, 0.1) is 12.0 Å². The van der Waals surface area contributed by atoms with Gasteiger partial charge in [-0.25, -0.2) is 24.7 Å². The number of nitrogens with one attached hydrogen (secondary N) is 1. The molecule has 4 aromatic heterocycles. The van der Waals surface area contributed by atoms with Crippen LogP contribution in [-0.4, -0.2) is 52.1 Å². The zero-order chi connectivity index (χ0) is 25.6. The van der Waals surface area contributed by atoms with Crippen molar-refractivity contribution < 1.29 is 4.79 Å². The molecule has 1 amide bonds. The van der Waals surface area contributed by atoms with Gasteiger partial charge in [0.15, 0.2) is 11.2 Å². The van der Waals surface area contributed by atoms with Crippen molar-refractivity contribution in [2.45, 2.75) is 38.8 Å². The number of hydrogen-bond acceptors (Lipinski definition) is 8. The van der Waals surface area contributed by atoms with E-state index in [0.717, 1.165) is 29.5 Å². The molecule has 1 fully saturated rings. The maximum Gasteiger partial charge on any atom is 0.332 e. The van der Waals surface area contributed by atoms with E-state index < -0.39 is 17.3 Å². The maximum absolute atomic E-state index is 13.1. The molecule has 0 saturated carbocycles. The second-order valence-corrected chi connectivity index (χ2v) is 9.06. The topological polar surface area (TPSA) is 133 Å². The van der Waals surface area contributed by atoms with Crippen molar-refractivity contribution >= 4 is 28.8 Å². The zero-order valence-electron chi connectivity index (χ0n) is 20.5. The van der Waals surface area contributed by atoms with Crippen LogP contribution in [0.1, 0.15) is 32.7 Å². The summed E-state index contributed by atoms with van der Waals surface area (Å²) in [6, 6.07) is 4.94. The highest BCUT2D eigenvalue weighted by molar-refractivity contribution is 5.93. The van der Waals surface area contributed by atoms with Crippen molar-refractivity contribution in [3.63, 3.8) is 0 Å². The third kappa shape index (κ3) is 3.93. The molecule has 5 heterocycles. The number of amides is 1. The van der Waals surface area contributed by atoms with Gasteiger partial charge in [-0.1, -0.05) is 6.07 Å². The van der Waals surface area contributed by atoms with Crippen LogP contribution in [0.25, 0.3) is 22.4 Å². The van der Waals surface area contributed by atoms with Crippen LogP contribution in [0, 0.1) is 0 Å². The summed E-state index contributed by atoms with van der Waals surface area (Å²) in [4.78, 5) is 57.9. The molecule has 1 N–H and O–H groups in total. The molecule has 5 rings (SSSR count). The number of imidazole rings is 1. The summed E-state index contributed by atoms with van der Waals surface area (Å²) in [7, 11) is 2.92. The minimum Gasteiger partial charge on any atom is -0.338 e. The molecule has 1 saturated heterocycles. The number of anilines is 2. The molecule has 0 aromatic carbocycles. The van der Waals surface area contributed by atoms with Crippen LogP contribution in [0.3, 0.4) is 0 Å². The van der Waals surface area contributed by atoms with E-state index in [9.17, 15) is 14.4 Å². The number of aromatic nitrogens is 7. The summed E-state index contributed by atoms with van der Waals surface area (Å²) >= 11 is 0. The van der Waals surface area contributed by atoms with Gasteiger partial charge in [0.25, 0.3) is 5.56 Å².